The number of nitrogens with one attached hydrogen (secondary N) is 1. The van der Waals surface area contributed by atoms with Crippen molar-refractivity contribution in [2.24, 2.45) is 0 Å². The zero-order valence-corrected chi connectivity index (χ0v) is 11.4. The highest BCUT2D eigenvalue weighted by atomic mass is 16.5. The molecule has 0 saturated carbocycles. The Balaban J connectivity index is 2.87. The van der Waals surface area contributed by atoms with Crippen molar-refractivity contribution >= 4 is 5.91 Å². The first-order chi connectivity index (χ1) is 9.15. The monoisotopic (exact) mass is 269 g/mol. The molecular weight excluding hydrogens is 250 g/mol. The molecule has 1 aromatic rings. The summed E-state index contributed by atoms with van der Waals surface area (Å²) < 4.78 is 15.6. The third-order valence-electron chi connectivity index (χ3n) is 2.55. The minimum atomic E-state index is -0.212. The second-order valence-electron chi connectivity index (χ2n) is 3.78. The van der Waals surface area contributed by atoms with Gasteiger partial charge in [-0.3, -0.25) is 4.79 Å². The molecule has 0 unspecified atom stereocenters. The number of carbonyl (C=O) groups excluding carboxylic acids is 1. The summed E-state index contributed by atoms with van der Waals surface area (Å²) in [5.41, 5.74) is 0.820. The minimum Gasteiger partial charge on any atom is -0.493 e. The molecule has 0 saturated heterocycles. The maximum atomic E-state index is 11.3. The van der Waals surface area contributed by atoms with E-state index in [0.29, 0.717) is 23.8 Å². The lowest BCUT2D eigenvalue weighted by Crippen LogP contribution is -2.23. The molecule has 0 spiro atoms. The Hall–Kier alpha value is -1.95. The minimum absolute atomic E-state index is 0.0877. The Bertz CT molecular complexity index is 408. The topological polar surface area (TPSA) is 77.0 Å². The van der Waals surface area contributed by atoms with Crippen molar-refractivity contribution in [3.05, 3.63) is 17.7 Å². The first-order valence-electron chi connectivity index (χ1n) is 5.82. The van der Waals surface area contributed by atoms with E-state index < -0.39 is 0 Å². The SMILES string of the molecule is COc1cc(CNC(=O)CCO)cc(OC)c1OC. The van der Waals surface area contributed by atoms with Gasteiger partial charge in [0.15, 0.2) is 11.5 Å². The first kappa shape index (κ1) is 15.1. The second-order valence-corrected chi connectivity index (χ2v) is 3.78. The largest absolute Gasteiger partial charge is 0.493 e. The number of aliphatic hydroxyl groups excluding tert-OH is 1. The van der Waals surface area contributed by atoms with Gasteiger partial charge in [-0.15, -0.1) is 0 Å². The summed E-state index contributed by atoms with van der Waals surface area (Å²) >= 11 is 0. The Labute approximate surface area is 112 Å². The van der Waals surface area contributed by atoms with Crippen LogP contribution in [0, 0.1) is 0 Å². The molecule has 0 aliphatic rings. The van der Waals surface area contributed by atoms with Crippen molar-refractivity contribution in [2.75, 3.05) is 27.9 Å². The van der Waals surface area contributed by atoms with E-state index in [-0.39, 0.29) is 18.9 Å². The van der Waals surface area contributed by atoms with Gasteiger partial charge in [0, 0.05) is 13.0 Å². The van der Waals surface area contributed by atoms with Gasteiger partial charge < -0.3 is 24.6 Å². The molecule has 0 bridgehead atoms. The van der Waals surface area contributed by atoms with Crippen LogP contribution in [0.2, 0.25) is 0 Å². The van der Waals surface area contributed by atoms with Crippen LogP contribution in [-0.4, -0.2) is 38.9 Å². The van der Waals surface area contributed by atoms with Gasteiger partial charge in [0.2, 0.25) is 11.7 Å². The average Bonchev–Trinajstić information content (AvgIpc) is 2.44. The number of carbonyl (C=O) groups is 1. The number of aliphatic hydroxyl groups is 1. The van der Waals surface area contributed by atoms with Crippen LogP contribution in [0.5, 0.6) is 17.2 Å². The highest BCUT2D eigenvalue weighted by Gasteiger charge is 2.13. The van der Waals surface area contributed by atoms with Gasteiger partial charge in [-0.2, -0.15) is 0 Å². The zero-order valence-electron chi connectivity index (χ0n) is 11.4. The molecular formula is C13H19NO5. The number of hydrogen-bond donors (Lipinski definition) is 2. The number of rotatable bonds is 7. The molecule has 1 aromatic carbocycles. The number of ether oxygens (including phenoxy) is 3. The lowest BCUT2D eigenvalue weighted by Gasteiger charge is -2.14. The number of benzene rings is 1. The predicted molar refractivity (Wildman–Crippen MR) is 69.6 cm³/mol. The molecule has 0 heterocycles. The van der Waals surface area contributed by atoms with Crippen molar-refractivity contribution < 1.29 is 24.1 Å². The normalized spacial score (nSPS) is 9.89. The lowest BCUT2D eigenvalue weighted by atomic mass is 10.1. The van der Waals surface area contributed by atoms with Gasteiger partial charge >= 0.3 is 0 Å². The van der Waals surface area contributed by atoms with E-state index in [9.17, 15) is 4.79 Å². The van der Waals surface area contributed by atoms with Crippen LogP contribution in [0.25, 0.3) is 0 Å². The highest BCUT2D eigenvalue weighted by Crippen LogP contribution is 2.38. The summed E-state index contributed by atoms with van der Waals surface area (Å²) in [7, 11) is 4.60. The van der Waals surface area contributed by atoms with Gasteiger partial charge in [0.1, 0.15) is 0 Å². The fourth-order valence-corrected chi connectivity index (χ4v) is 1.63. The van der Waals surface area contributed by atoms with Crippen LogP contribution >= 0.6 is 0 Å². The summed E-state index contributed by atoms with van der Waals surface area (Å²) in [5, 5.41) is 11.3. The Morgan fingerprint density at radius 3 is 2.16 bits per heavy atom. The molecule has 106 valence electrons. The van der Waals surface area contributed by atoms with Crippen LogP contribution < -0.4 is 19.5 Å². The van der Waals surface area contributed by atoms with Gasteiger partial charge in [0.25, 0.3) is 0 Å². The fraction of sp³-hybridized carbons (Fsp3) is 0.462. The van der Waals surface area contributed by atoms with Crippen LogP contribution in [0.3, 0.4) is 0 Å². The predicted octanol–water partition coefficient (Wildman–Crippen LogP) is 0.711. The standard InChI is InChI=1S/C13H19NO5/c1-17-10-6-9(8-14-12(16)4-5-15)7-11(18-2)13(10)19-3/h6-7,15H,4-5,8H2,1-3H3,(H,14,16). The molecule has 0 aromatic heterocycles. The van der Waals surface area contributed by atoms with Gasteiger partial charge in [-0.25, -0.2) is 0 Å². The quantitative estimate of drug-likeness (QED) is 0.762. The molecule has 0 aliphatic heterocycles. The van der Waals surface area contributed by atoms with Gasteiger partial charge in [-0.05, 0) is 17.7 Å². The molecule has 0 radical (unpaired) electrons. The molecule has 2 N–H and O–H groups in total. The van der Waals surface area contributed by atoms with Gasteiger partial charge in [0.05, 0.1) is 27.9 Å². The molecule has 6 heteroatoms. The molecule has 1 amide bonds. The molecule has 19 heavy (non-hydrogen) atoms. The maximum Gasteiger partial charge on any atom is 0.222 e. The van der Waals surface area contributed by atoms with E-state index in [4.69, 9.17) is 19.3 Å². The smallest absolute Gasteiger partial charge is 0.222 e. The van der Waals surface area contributed by atoms with Crippen LogP contribution in [0.1, 0.15) is 12.0 Å². The summed E-state index contributed by atoms with van der Waals surface area (Å²) in [6.45, 7) is 0.163. The van der Waals surface area contributed by atoms with E-state index >= 15 is 0 Å². The molecule has 0 atom stereocenters. The van der Waals surface area contributed by atoms with Crippen molar-refractivity contribution in [3.63, 3.8) is 0 Å². The van der Waals surface area contributed by atoms with Crippen LogP contribution in [0.4, 0.5) is 0 Å². The maximum absolute atomic E-state index is 11.3. The number of hydrogen-bond acceptors (Lipinski definition) is 5. The van der Waals surface area contributed by atoms with Crippen molar-refractivity contribution in [1.82, 2.24) is 5.32 Å². The second kappa shape index (κ2) is 7.48. The van der Waals surface area contributed by atoms with Gasteiger partial charge in [-0.1, -0.05) is 0 Å². The van der Waals surface area contributed by atoms with Crippen molar-refractivity contribution in [3.8, 4) is 17.2 Å². The van der Waals surface area contributed by atoms with E-state index in [0.717, 1.165) is 5.56 Å². The number of amides is 1. The fourth-order valence-electron chi connectivity index (χ4n) is 1.63. The molecule has 1 rings (SSSR count). The third kappa shape index (κ3) is 4.03. The van der Waals surface area contributed by atoms with Crippen molar-refractivity contribution in [1.29, 1.82) is 0 Å². The van der Waals surface area contributed by atoms with E-state index in [2.05, 4.69) is 5.32 Å². The summed E-state index contributed by atoms with van der Waals surface area (Å²) in [5.74, 6) is 1.37. The lowest BCUT2D eigenvalue weighted by molar-refractivity contribution is -0.121. The van der Waals surface area contributed by atoms with Crippen LogP contribution in [0.15, 0.2) is 12.1 Å². The molecule has 0 aliphatic carbocycles. The Morgan fingerprint density at radius 1 is 1.16 bits per heavy atom. The Morgan fingerprint density at radius 2 is 1.74 bits per heavy atom. The van der Waals surface area contributed by atoms with E-state index in [1.54, 1.807) is 12.1 Å². The molecule has 0 fully saturated rings. The zero-order chi connectivity index (χ0) is 14.3. The van der Waals surface area contributed by atoms with Crippen LogP contribution in [-0.2, 0) is 11.3 Å². The molecule has 6 nitrogen and oxygen atoms in total. The highest BCUT2D eigenvalue weighted by molar-refractivity contribution is 5.76. The summed E-state index contributed by atoms with van der Waals surface area (Å²) in [6, 6.07) is 3.53. The number of methoxy groups -OCH3 is 3. The van der Waals surface area contributed by atoms with Crippen molar-refractivity contribution in [2.45, 2.75) is 13.0 Å². The third-order valence-corrected chi connectivity index (χ3v) is 2.55. The summed E-state index contributed by atoms with van der Waals surface area (Å²) in [6.07, 6.45) is 0.0877. The average molecular weight is 269 g/mol. The summed E-state index contributed by atoms with van der Waals surface area (Å²) in [4.78, 5) is 11.3. The van der Waals surface area contributed by atoms with E-state index in [1.165, 1.54) is 21.3 Å². The van der Waals surface area contributed by atoms with E-state index in [1.807, 2.05) is 0 Å². The first-order valence-corrected chi connectivity index (χ1v) is 5.82. The Kier molecular flexibility index (Phi) is 5.95.